The number of carboxylic acids is 1. The maximum absolute atomic E-state index is 13.1. The van der Waals surface area contributed by atoms with Gasteiger partial charge in [0.2, 0.25) is 0 Å². The molecule has 5 saturated carbocycles. The van der Waals surface area contributed by atoms with Crippen LogP contribution in [0.15, 0.2) is 48.5 Å². The van der Waals surface area contributed by atoms with Crippen molar-refractivity contribution in [1.82, 2.24) is 0 Å². The summed E-state index contributed by atoms with van der Waals surface area (Å²) >= 11 is 0. The summed E-state index contributed by atoms with van der Waals surface area (Å²) < 4.78 is 0. The van der Waals surface area contributed by atoms with E-state index in [0.29, 0.717) is 33.4 Å². The molecule has 7 rings (SSSR count). The van der Waals surface area contributed by atoms with E-state index in [1.165, 1.54) is 88.3 Å². The number of aromatic carboxylic acids is 1. The molecule has 0 radical (unpaired) electrons. The Balaban J connectivity index is 1.05. The maximum atomic E-state index is 13.1. The molecule has 3 N–H and O–H groups in total. The number of carbonyl (C=O) groups is 2. The van der Waals surface area contributed by atoms with Crippen LogP contribution < -0.4 is 5.32 Å². The van der Waals surface area contributed by atoms with Crippen LogP contribution in [0.1, 0.15) is 131 Å². The van der Waals surface area contributed by atoms with E-state index in [-0.39, 0.29) is 23.0 Å². The largest absolute Gasteiger partial charge is 0.478 e. The van der Waals surface area contributed by atoms with Gasteiger partial charge in [0, 0.05) is 11.3 Å². The summed E-state index contributed by atoms with van der Waals surface area (Å²) in [5.41, 5.74) is 3.71. The van der Waals surface area contributed by atoms with E-state index < -0.39 is 5.97 Å². The molecule has 9 atom stereocenters. The first kappa shape index (κ1) is 31.9. The molecule has 0 spiro atoms. The van der Waals surface area contributed by atoms with Crippen LogP contribution in [0.2, 0.25) is 0 Å². The van der Waals surface area contributed by atoms with Crippen LogP contribution in [0.4, 0.5) is 5.69 Å². The van der Waals surface area contributed by atoms with Gasteiger partial charge in [-0.05, 0) is 164 Å². The summed E-state index contributed by atoms with van der Waals surface area (Å²) in [4.78, 5) is 24.5. The number of aryl methyl sites for hydroxylation is 1. The van der Waals surface area contributed by atoms with Gasteiger partial charge in [0.05, 0.1) is 11.7 Å². The lowest BCUT2D eigenvalue weighted by Gasteiger charge is -2.69. The van der Waals surface area contributed by atoms with Crippen LogP contribution >= 0.6 is 0 Å². The summed E-state index contributed by atoms with van der Waals surface area (Å²) in [7, 11) is 0. The number of carboxylic acid groups (broad SMARTS) is 1. The SMILES string of the molecule is CC1(C)C(O)CCC2(C)C1CCC1(C)C3CCC4(CCc5cccc(C(=O)Nc6cccc(C(=O)O)c6)c5)CCCC4C3CCC12. The van der Waals surface area contributed by atoms with Gasteiger partial charge in [-0.25, -0.2) is 4.79 Å². The molecular formula is C41H55NO4. The minimum atomic E-state index is -1.01. The summed E-state index contributed by atoms with van der Waals surface area (Å²) in [6.45, 7) is 10.0. The fourth-order valence-corrected chi connectivity index (χ4v) is 13.0. The lowest BCUT2D eigenvalue weighted by Crippen LogP contribution is -2.63. The molecule has 2 aromatic carbocycles. The number of carbonyl (C=O) groups excluding carboxylic acids is 1. The second kappa shape index (κ2) is 11.5. The topological polar surface area (TPSA) is 86.6 Å². The van der Waals surface area contributed by atoms with Gasteiger partial charge in [-0.2, -0.15) is 0 Å². The molecule has 0 saturated heterocycles. The van der Waals surface area contributed by atoms with Crippen LogP contribution in [0.5, 0.6) is 0 Å². The van der Waals surface area contributed by atoms with Crippen molar-refractivity contribution in [3.8, 4) is 0 Å². The van der Waals surface area contributed by atoms with Gasteiger partial charge in [0.25, 0.3) is 5.91 Å². The summed E-state index contributed by atoms with van der Waals surface area (Å²) in [6.07, 6.45) is 16.4. The Morgan fingerprint density at radius 2 is 1.54 bits per heavy atom. The molecular weight excluding hydrogens is 570 g/mol. The molecule has 9 unspecified atom stereocenters. The fraction of sp³-hybridized carbons (Fsp3) is 0.659. The molecule has 2 aromatic rings. The molecule has 0 heterocycles. The van der Waals surface area contributed by atoms with Crippen molar-refractivity contribution < 1.29 is 19.8 Å². The number of aliphatic hydroxyl groups excluding tert-OH is 1. The predicted octanol–water partition coefficient (Wildman–Crippen LogP) is 9.40. The zero-order valence-electron chi connectivity index (χ0n) is 28.5. The highest BCUT2D eigenvalue weighted by molar-refractivity contribution is 6.04. The quantitative estimate of drug-likeness (QED) is 0.299. The highest BCUT2D eigenvalue weighted by Gasteiger charge is 2.66. The third-order valence-corrected chi connectivity index (χ3v) is 15.1. The molecule has 5 heteroatoms. The number of nitrogens with one attached hydrogen (secondary N) is 1. The number of aliphatic hydroxyl groups is 1. The molecule has 5 nitrogen and oxygen atoms in total. The van der Waals surface area contributed by atoms with E-state index in [4.69, 9.17) is 0 Å². The lowest BCUT2D eigenvalue weighted by molar-refractivity contribution is -0.214. The molecule has 1 amide bonds. The number of fused-ring (bicyclic) bond motifs is 7. The minimum absolute atomic E-state index is 0.0156. The lowest BCUT2D eigenvalue weighted by atomic mass is 9.36. The Morgan fingerprint density at radius 3 is 2.35 bits per heavy atom. The predicted molar refractivity (Wildman–Crippen MR) is 183 cm³/mol. The number of benzene rings is 2. The van der Waals surface area contributed by atoms with Gasteiger partial charge in [0.1, 0.15) is 0 Å². The van der Waals surface area contributed by atoms with Crippen LogP contribution in [-0.2, 0) is 6.42 Å². The highest BCUT2D eigenvalue weighted by Crippen LogP contribution is 2.73. The van der Waals surface area contributed by atoms with Crippen LogP contribution in [0.25, 0.3) is 0 Å². The number of hydrogen-bond donors (Lipinski definition) is 3. The Hall–Kier alpha value is -2.66. The second-order valence-electron chi connectivity index (χ2n) is 17.3. The van der Waals surface area contributed by atoms with Crippen molar-refractivity contribution in [1.29, 1.82) is 0 Å². The van der Waals surface area contributed by atoms with Gasteiger partial charge in [-0.1, -0.05) is 52.3 Å². The first-order valence-electron chi connectivity index (χ1n) is 18.3. The first-order chi connectivity index (χ1) is 21.9. The molecule has 5 aliphatic rings. The van der Waals surface area contributed by atoms with Crippen molar-refractivity contribution in [2.75, 3.05) is 5.32 Å². The van der Waals surface area contributed by atoms with Crippen molar-refractivity contribution in [2.45, 2.75) is 117 Å². The van der Waals surface area contributed by atoms with E-state index in [0.717, 1.165) is 36.5 Å². The normalized spacial score (nSPS) is 39.3. The zero-order valence-corrected chi connectivity index (χ0v) is 28.5. The Morgan fingerprint density at radius 1 is 0.783 bits per heavy atom. The van der Waals surface area contributed by atoms with Crippen molar-refractivity contribution >= 4 is 17.6 Å². The Bertz CT molecular complexity index is 1500. The first-order valence-corrected chi connectivity index (χ1v) is 18.3. The molecule has 0 aromatic heterocycles. The summed E-state index contributed by atoms with van der Waals surface area (Å²) in [6, 6.07) is 14.5. The van der Waals surface area contributed by atoms with Crippen molar-refractivity contribution in [3.63, 3.8) is 0 Å². The Labute approximate surface area is 276 Å². The highest BCUT2D eigenvalue weighted by atomic mass is 16.4. The smallest absolute Gasteiger partial charge is 0.335 e. The van der Waals surface area contributed by atoms with Crippen molar-refractivity contribution in [2.24, 2.45) is 51.2 Å². The Kier molecular flexibility index (Phi) is 7.98. The number of rotatable bonds is 6. The van der Waals surface area contributed by atoms with E-state index in [1.54, 1.807) is 12.1 Å². The minimum Gasteiger partial charge on any atom is -0.478 e. The third kappa shape index (κ3) is 5.06. The molecule has 248 valence electrons. The standard InChI is InChI=1S/C41H55NO4/c1-38(2)33-17-20-39(3)31-16-23-41(19-7-12-32(41)30(31)13-14-34(39)40(33,4)21-18-35(38)43)22-15-26-8-5-9-27(24-26)36(44)42-29-11-6-10-28(25-29)37(45)46/h5-6,8-11,24-25,30-35,43H,7,12-23H2,1-4H3,(H,42,44)(H,45,46). The third-order valence-electron chi connectivity index (χ3n) is 15.1. The zero-order chi connectivity index (χ0) is 32.5. The van der Waals surface area contributed by atoms with Crippen LogP contribution in [-0.4, -0.2) is 28.2 Å². The average Bonchev–Trinajstić information content (AvgIpc) is 3.47. The van der Waals surface area contributed by atoms with Gasteiger partial charge in [0.15, 0.2) is 0 Å². The monoisotopic (exact) mass is 625 g/mol. The fourth-order valence-electron chi connectivity index (χ4n) is 13.0. The number of amides is 1. The maximum Gasteiger partial charge on any atom is 0.335 e. The summed E-state index contributed by atoms with van der Waals surface area (Å²) in [5, 5.41) is 23.2. The van der Waals surface area contributed by atoms with E-state index in [9.17, 15) is 19.8 Å². The van der Waals surface area contributed by atoms with E-state index in [1.807, 2.05) is 18.2 Å². The molecule has 5 fully saturated rings. The second-order valence-corrected chi connectivity index (χ2v) is 17.3. The van der Waals surface area contributed by atoms with Gasteiger partial charge >= 0.3 is 5.97 Å². The molecule has 46 heavy (non-hydrogen) atoms. The van der Waals surface area contributed by atoms with E-state index >= 15 is 0 Å². The molecule has 5 aliphatic carbocycles. The van der Waals surface area contributed by atoms with Gasteiger partial charge < -0.3 is 15.5 Å². The average molecular weight is 626 g/mol. The van der Waals surface area contributed by atoms with Crippen LogP contribution in [0.3, 0.4) is 0 Å². The number of hydrogen-bond acceptors (Lipinski definition) is 3. The van der Waals surface area contributed by atoms with Gasteiger partial charge in [-0.3, -0.25) is 4.79 Å². The molecule has 0 aliphatic heterocycles. The summed E-state index contributed by atoms with van der Waals surface area (Å²) in [5.74, 6) is 2.70. The van der Waals surface area contributed by atoms with Gasteiger partial charge in [-0.15, -0.1) is 0 Å². The van der Waals surface area contributed by atoms with Crippen molar-refractivity contribution in [3.05, 3.63) is 65.2 Å². The van der Waals surface area contributed by atoms with Crippen LogP contribution in [0, 0.1) is 51.2 Å². The number of anilines is 1. The molecule has 0 bridgehead atoms. The van der Waals surface area contributed by atoms with E-state index in [2.05, 4.69) is 39.1 Å².